The number of primary amides is 1. The predicted octanol–water partition coefficient (Wildman–Crippen LogP) is 2.75. The van der Waals surface area contributed by atoms with Crippen LogP contribution in [0.2, 0.25) is 0 Å². The number of anilines is 2. The maximum atomic E-state index is 11.9. The Labute approximate surface area is 159 Å². The monoisotopic (exact) mass is 470 g/mol. The fourth-order valence-corrected chi connectivity index (χ4v) is 7.20. The molecule has 0 aliphatic heterocycles. The Morgan fingerprint density at radius 1 is 1.28 bits per heavy atom. The molecule has 132 valence electrons. The normalized spacial score (nSPS) is 11.9. The third-order valence-electron chi connectivity index (χ3n) is 4.09. The van der Waals surface area contributed by atoms with Crippen molar-refractivity contribution in [2.75, 3.05) is 5.32 Å². The average molecular weight is 468 g/mol. The molecule has 25 heavy (non-hydrogen) atoms. The fourth-order valence-electron chi connectivity index (χ4n) is 2.79. The van der Waals surface area contributed by atoms with Crippen molar-refractivity contribution in [2.24, 2.45) is 5.73 Å². The van der Waals surface area contributed by atoms with Crippen LogP contribution in [0.5, 0.6) is 0 Å². The van der Waals surface area contributed by atoms with E-state index >= 15 is 0 Å². The number of nitrogens with two attached hydrogens (primary N) is 1. The van der Waals surface area contributed by atoms with Gasteiger partial charge in [0.2, 0.25) is 0 Å². The van der Waals surface area contributed by atoms with Crippen LogP contribution in [0.4, 0.5) is 11.5 Å². The van der Waals surface area contributed by atoms with Gasteiger partial charge in [0.1, 0.15) is 0 Å². The van der Waals surface area contributed by atoms with E-state index in [1.165, 1.54) is 14.4 Å². The Bertz CT molecular complexity index is 950. The zero-order valence-electron chi connectivity index (χ0n) is 15.1. The summed E-state index contributed by atoms with van der Waals surface area (Å²) in [5.41, 5.74) is 7.78. The molecule has 0 fully saturated rings. The second kappa shape index (κ2) is 6.73. The van der Waals surface area contributed by atoms with Gasteiger partial charge >= 0.3 is 160 Å². The van der Waals surface area contributed by atoms with E-state index in [4.69, 9.17) is 5.73 Å². The summed E-state index contributed by atoms with van der Waals surface area (Å²) in [7, 11) is 0. The Hall–Kier alpha value is -1.39. The third-order valence-corrected chi connectivity index (χ3v) is 9.61. The Morgan fingerprint density at radius 2 is 2.00 bits per heavy atom. The molecule has 0 atom stereocenters. The molecule has 0 unspecified atom stereocenters. The molecule has 0 spiro atoms. The molecule has 0 bridgehead atoms. The Morgan fingerprint density at radius 3 is 2.60 bits per heavy atom. The van der Waals surface area contributed by atoms with E-state index in [1.54, 1.807) is 6.33 Å². The van der Waals surface area contributed by atoms with E-state index in [9.17, 15) is 4.79 Å². The van der Waals surface area contributed by atoms with Crippen LogP contribution in [0.25, 0.3) is 9.78 Å². The van der Waals surface area contributed by atoms with Gasteiger partial charge in [-0.2, -0.15) is 0 Å². The number of aromatic nitrogens is 2. The van der Waals surface area contributed by atoms with Crippen LogP contribution in [-0.4, -0.2) is 44.9 Å². The Kier molecular flexibility index (Phi) is 4.95. The average Bonchev–Trinajstić information content (AvgIpc) is 3.07. The molecule has 3 aromatic heterocycles. The minimum atomic E-state index is -0.352. The van der Waals surface area contributed by atoms with Gasteiger partial charge in [-0.25, -0.2) is 0 Å². The van der Waals surface area contributed by atoms with Crippen molar-refractivity contribution in [2.45, 2.75) is 46.5 Å². The van der Waals surface area contributed by atoms with Crippen LogP contribution in [0.1, 0.15) is 51.4 Å². The number of fused-ring (bicyclic) bond motifs is 1. The van der Waals surface area contributed by atoms with Crippen LogP contribution in [0.15, 0.2) is 12.4 Å². The van der Waals surface area contributed by atoms with Gasteiger partial charge in [-0.15, -0.1) is 0 Å². The first-order valence-electron chi connectivity index (χ1n) is 8.16. The van der Waals surface area contributed by atoms with Crippen LogP contribution < -0.4 is 11.1 Å². The number of nitrogens with zero attached hydrogens (tertiary/aromatic N) is 2. The first-order chi connectivity index (χ1) is 11.7. The van der Waals surface area contributed by atoms with Crippen LogP contribution in [-0.2, 0) is 11.8 Å². The molecule has 7 heteroatoms. The molecule has 0 saturated heterocycles. The van der Waals surface area contributed by atoms with Gasteiger partial charge in [0.15, 0.2) is 0 Å². The second-order valence-corrected chi connectivity index (χ2v) is 11.7. The van der Waals surface area contributed by atoms with E-state index in [0.29, 0.717) is 4.44 Å². The van der Waals surface area contributed by atoms with Gasteiger partial charge in [-0.05, 0) is 0 Å². The van der Waals surface area contributed by atoms with E-state index < -0.39 is 0 Å². The number of amides is 1. The topological polar surface area (TPSA) is 80.9 Å². The summed E-state index contributed by atoms with van der Waals surface area (Å²) < 4.78 is 4.46. The summed E-state index contributed by atoms with van der Waals surface area (Å²) in [6.07, 6.45) is 2.56. The molecule has 3 N–H and O–H groups in total. The molecule has 5 nitrogen and oxygen atoms in total. The van der Waals surface area contributed by atoms with Crippen molar-refractivity contribution >= 4 is 56.2 Å². The van der Waals surface area contributed by atoms with E-state index in [-0.39, 0.29) is 40.3 Å². The SMILES string of the molecule is CCc1c(C)[se]c2ncnc(Nc3cc(C(C)(C)C)[se]c3C(N)=O)c12. The van der Waals surface area contributed by atoms with Crippen molar-refractivity contribution < 1.29 is 4.79 Å². The first kappa shape index (κ1) is 18.4. The molecule has 0 aliphatic rings. The quantitative estimate of drug-likeness (QED) is 0.578. The summed E-state index contributed by atoms with van der Waals surface area (Å²) >= 11 is 0.207. The minimum absolute atomic E-state index is 0.0198. The number of carbonyl (C=O) groups is 1. The summed E-state index contributed by atoms with van der Waals surface area (Å²) in [4.78, 5) is 20.9. The van der Waals surface area contributed by atoms with Gasteiger partial charge in [0.25, 0.3) is 0 Å². The van der Waals surface area contributed by atoms with Crippen LogP contribution >= 0.6 is 0 Å². The molecule has 0 aliphatic carbocycles. The summed E-state index contributed by atoms with van der Waals surface area (Å²) in [5, 5.41) is 4.52. The molecule has 3 heterocycles. The molecular weight excluding hydrogens is 446 g/mol. The number of aryl methyl sites for hydroxylation is 2. The number of hydrogen-bond donors (Lipinski definition) is 2. The predicted molar refractivity (Wildman–Crippen MR) is 104 cm³/mol. The Balaban J connectivity index is 2.13. The number of nitrogens with one attached hydrogen (secondary N) is 1. The van der Waals surface area contributed by atoms with Crippen molar-refractivity contribution in [3.63, 3.8) is 0 Å². The standard InChI is InChI=1S/C18H22N4OSe2/c1-6-10-9(2)24-17-13(10)16(20-8-21-17)22-11-7-12(18(3,4)5)25-14(11)15(19)23/h7-8H,6H2,1-5H3,(H2,19,23)(H,20,21,22). The maximum absolute atomic E-state index is 11.9. The summed E-state index contributed by atoms with van der Waals surface area (Å²) in [6, 6.07) is 2.08. The molecule has 0 radical (unpaired) electrons. The van der Waals surface area contributed by atoms with Gasteiger partial charge in [0.05, 0.1) is 0 Å². The van der Waals surface area contributed by atoms with Crippen LogP contribution in [0, 0.1) is 6.92 Å². The van der Waals surface area contributed by atoms with Crippen LogP contribution in [0.3, 0.4) is 0 Å². The fraction of sp³-hybridized carbons (Fsp3) is 0.389. The van der Waals surface area contributed by atoms with Crippen molar-refractivity contribution in [3.05, 3.63) is 31.3 Å². The number of rotatable bonds is 4. The van der Waals surface area contributed by atoms with Gasteiger partial charge < -0.3 is 0 Å². The second-order valence-electron chi connectivity index (χ2n) is 6.99. The molecule has 3 rings (SSSR count). The molecular formula is C18H22N4OSe2. The van der Waals surface area contributed by atoms with E-state index in [0.717, 1.165) is 27.7 Å². The number of hydrogen-bond acceptors (Lipinski definition) is 4. The van der Waals surface area contributed by atoms with Gasteiger partial charge in [-0.1, -0.05) is 0 Å². The molecule has 0 aromatic carbocycles. The third kappa shape index (κ3) is 3.47. The van der Waals surface area contributed by atoms with E-state index in [2.05, 4.69) is 56.0 Å². The van der Waals surface area contributed by atoms with Gasteiger partial charge in [-0.3, -0.25) is 0 Å². The number of carbonyl (C=O) groups excluding carboxylic acids is 1. The van der Waals surface area contributed by atoms with Crippen molar-refractivity contribution in [1.82, 2.24) is 9.97 Å². The molecule has 3 aromatic rings. The molecule has 0 saturated carbocycles. The zero-order valence-corrected chi connectivity index (χ0v) is 18.5. The zero-order chi connectivity index (χ0) is 18.4. The van der Waals surface area contributed by atoms with Gasteiger partial charge in [0, 0.05) is 0 Å². The first-order valence-corrected chi connectivity index (χ1v) is 11.6. The van der Waals surface area contributed by atoms with E-state index in [1.807, 2.05) is 0 Å². The van der Waals surface area contributed by atoms with Crippen molar-refractivity contribution in [1.29, 1.82) is 0 Å². The molecule has 1 amide bonds. The summed E-state index contributed by atoms with van der Waals surface area (Å²) in [5.74, 6) is 0.437. The van der Waals surface area contributed by atoms with Crippen molar-refractivity contribution in [3.8, 4) is 0 Å². The summed E-state index contributed by atoms with van der Waals surface area (Å²) in [6.45, 7) is 10.8.